The van der Waals surface area contributed by atoms with Crippen LogP contribution in [0.5, 0.6) is 0 Å². The van der Waals surface area contributed by atoms with Gasteiger partial charge in [-0.15, -0.1) is 6.58 Å². The Kier molecular flexibility index (Phi) is 3.63. The number of nitrogens with zero attached hydrogens (tertiary/aromatic N) is 2. The van der Waals surface area contributed by atoms with Gasteiger partial charge in [0.2, 0.25) is 0 Å². The van der Waals surface area contributed by atoms with Gasteiger partial charge in [-0.05, 0) is 12.5 Å². The molecule has 0 aliphatic heterocycles. The summed E-state index contributed by atoms with van der Waals surface area (Å²) < 4.78 is 8.32. The Morgan fingerprint density at radius 3 is 2.81 bits per heavy atom. The van der Waals surface area contributed by atoms with Gasteiger partial charge in [-0.3, -0.25) is 0 Å². The van der Waals surface area contributed by atoms with E-state index in [-0.39, 0.29) is 0 Å². The lowest BCUT2D eigenvalue weighted by Gasteiger charge is -2.08. The van der Waals surface area contributed by atoms with E-state index in [1.807, 2.05) is 6.08 Å². The van der Waals surface area contributed by atoms with Crippen molar-refractivity contribution in [3.05, 3.63) is 28.8 Å². The fourth-order valence-corrected chi connectivity index (χ4v) is 2.52. The Labute approximate surface area is 107 Å². The number of halogens is 2. The topological polar surface area (TPSA) is 37.8 Å². The molecule has 0 unspecified atom stereocenters. The first-order chi connectivity index (χ1) is 7.74. The van der Waals surface area contributed by atoms with Crippen LogP contribution in [0.2, 0.25) is 10.0 Å². The summed E-state index contributed by atoms with van der Waals surface area (Å²) in [5, 5.41) is 4.31. The fraction of sp³-hybridized carbons (Fsp3) is 0.200. The maximum absolute atomic E-state index is 6.11. The van der Waals surface area contributed by atoms with Crippen LogP contribution in [0.4, 0.5) is 5.69 Å². The van der Waals surface area contributed by atoms with Crippen LogP contribution in [0.3, 0.4) is 0 Å². The number of rotatable bonds is 4. The number of nitrogens with one attached hydrogen (secondary N) is 1. The van der Waals surface area contributed by atoms with Crippen LogP contribution in [0.25, 0.3) is 11.0 Å². The molecule has 0 fully saturated rings. The van der Waals surface area contributed by atoms with Gasteiger partial charge in [-0.1, -0.05) is 29.3 Å². The molecule has 16 heavy (non-hydrogen) atoms. The molecule has 1 N–H and O–H groups in total. The van der Waals surface area contributed by atoms with Gasteiger partial charge in [0.25, 0.3) is 0 Å². The number of fused-ring (bicyclic) bond motifs is 1. The predicted molar refractivity (Wildman–Crippen MR) is 70.7 cm³/mol. The number of aromatic nitrogens is 2. The molecule has 3 nitrogen and oxygen atoms in total. The molecule has 1 aromatic heterocycles. The highest BCUT2D eigenvalue weighted by Gasteiger charge is 2.13. The van der Waals surface area contributed by atoms with Crippen molar-refractivity contribution in [2.75, 3.05) is 11.9 Å². The van der Waals surface area contributed by atoms with Gasteiger partial charge >= 0.3 is 0 Å². The molecule has 0 saturated carbocycles. The van der Waals surface area contributed by atoms with Crippen LogP contribution < -0.4 is 5.32 Å². The Morgan fingerprint density at radius 1 is 1.31 bits per heavy atom. The van der Waals surface area contributed by atoms with Crippen molar-refractivity contribution in [1.82, 2.24) is 8.75 Å². The second-order valence-corrected chi connectivity index (χ2v) is 4.52. The standard InChI is InChI=1S/C10H9Cl2N3S/c1-2-3-4-13-8-6(11)5-7(12)9-10(8)15-16-14-9/h2,5,13H,1,3-4H2. The van der Waals surface area contributed by atoms with Crippen LogP contribution in [0.15, 0.2) is 18.7 Å². The van der Waals surface area contributed by atoms with Crippen LogP contribution in [-0.2, 0) is 0 Å². The molecule has 84 valence electrons. The zero-order chi connectivity index (χ0) is 11.5. The molecule has 6 heteroatoms. The molecule has 0 spiro atoms. The lowest BCUT2D eigenvalue weighted by Crippen LogP contribution is -2.01. The van der Waals surface area contributed by atoms with Crippen molar-refractivity contribution in [3.63, 3.8) is 0 Å². The number of anilines is 1. The smallest absolute Gasteiger partial charge is 0.130 e. The van der Waals surface area contributed by atoms with E-state index in [0.29, 0.717) is 15.6 Å². The van der Waals surface area contributed by atoms with Crippen LogP contribution >= 0.6 is 34.9 Å². The van der Waals surface area contributed by atoms with Crippen molar-refractivity contribution in [3.8, 4) is 0 Å². The quantitative estimate of drug-likeness (QED) is 0.676. The molecule has 2 aromatic rings. The molecule has 0 bridgehead atoms. The van der Waals surface area contributed by atoms with Gasteiger partial charge in [0.05, 0.1) is 27.5 Å². The zero-order valence-corrected chi connectivity index (χ0v) is 10.7. The molecule has 1 heterocycles. The summed E-state index contributed by atoms with van der Waals surface area (Å²) in [7, 11) is 0. The Balaban J connectivity index is 2.42. The second-order valence-electron chi connectivity index (χ2n) is 3.18. The molecular formula is C10H9Cl2N3S. The van der Waals surface area contributed by atoms with Gasteiger partial charge in [0, 0.05) is 6.54 Å². The Hall–Kier alpha value is -0.840. The summed E-state index contributed by atoms with van der Waals surface area (Å²) in [6.07, 6.45) is 2.70. The first-order valence-electron chi connectivity index (χ1n) is 4.69. The van der Waals surface area contributed by atoms with Crippen LogP contribution in [0, 0.1) is 0 Å². The molecule has 0 radical (unpaired) electrons. The number of hydrogen-bond acceptors (Lipinski definition) is 4. The van der Waals surface area contributed by atoms with E-state index in [1.165, 1.54) is 0 Å². The van der Waals surface area contributed by atoms with E-state index in [1.54, 1.807) is 6.07 Å². The average Bonchev–Trinajstić information content (AvgIpc) is 2.72. The summed E-state index contributed by atoms with van der Waals surface area (Å²) in [5.74, 6) is 0. The van der Waals surface area contributed by atoms with Crippen molar-refractivity contribution in [1.29, 1.82) is 0 Å². The number of hydrogen-bond donors (Lipinski definition) is 1. The van der Waals surface area contributed by atoms with Gasteiger partial charge in [-0.2, -0.15) is 8.75 Å². The lowest BCUT2D eigenvalue weighted by atomic mass is 10.2. The third-order valence-corrected chi connectivity index (χ3v) is 3.21. The summed E-state index contributed by atoms with van der Waals surface area (Å²) in [4.78, 5) is 0. The molecule has 0 amide bonds. The van der Waals surface area contributed by atoms with Crippen molar-refractivity contribution in [2.24, 2.45) is 0 Å². The first kappa shape index (κ1) is 11.6. The van der Waals surface area contributed by atoms with E-state index in [2.05, 4.69) is 20.6 Å². The van der Waals surface area contributed by atoms with E-state index in [0.717, 1.165) is 35.9 Å². The van der Waals surface area contributed by atoms with E-state index in [9.17, 15) is 0 Å². The van der Waals surface area contributed by atoms with Gasteiger partial charge in [0.15, 0.2) is 0 Å². The fourth-order valence-electron chi connectivity index (χ4n) is 1.34. The highest BCUT2D eigenvalue weighted by atomic mass is 35.5. The molecular weight excluding hydrogens is 265 g/mol. The molecule has 0 aliphatic rings. The summed E-state index contributed by atoms with van der Waals surface area (Å²) in [5.41, 5.74) is 2.21. The maximum atomic E-state index is 6.11. The highest BCUT2D eigenvalue weighted by Crippen LogP contribution is 2.34. The Bertz CT molecular complexity index is 524. The second kappa shape index (κ2) is 4.99. The zero-order valence-electron chi connectivity index (χ0n) is 8.33. The molecule has 1 aromatic carbocycles. The monoisotopic (exact) mass is 273 g/mol. The summed E-state index contributed by atoms with van der Waals surface area (Å²) >= 11 is 13.2. The van der Waals surface area contributed by atoms with E-state index < -0.39 is 0 Å². The molecule has 2 rings (SSSR count). The number of benzene rings is 1. The average molecular weight is 274 g/mol. The maximum Gasteiger partial charge on any atom is 0.130 e. The Morgan fingerprint density at radius 2 is 2.06 bits per heavy atom. The van der Waals surface area contributed by atoms with Crippen molar-refractivity contribution >= 4 is 51.7 Å². The predicted octanol–water partition coefficient (Wildman–Crippen LogP) is 3.99. The first-order valence-corrected chi connectivity index (χ1v) is 6.17. The largest absolute Gasteiger partial charge is 0.382 e. The minimum atomic E-state index is 0.531. The van der Waals surface area contributed by atoms with E-state index >= 15 is 0 Å². The van der Waals surface area contributed by atoms with Crippen LogP contribution in [-0.4, -0.2) is 15.3 Å². The van der Waals surface area contributed by atoms with Crippen molar-refractivity contribution < 1.29 is 0 Å². The van der Waals surface area contributed by atoms with Crippen molar-refractivity contribution in [2.45, 2.75) is 6.42 Å². The SMILES string of the molecule is C=CCCNc1c(Cl)cc(Cl)c2nsnc12. The minimum absolute atomic E-state index is 0.531. The summed E-state index contributed by atoms with van der Waals surface area (Å²) in [6.45, 7) is 4.42. The third kappa shape index (κ3) is 2.14. The molecule has 0 atom stereocenters. The lowest BCUT2D eigenvalue weighted by molar-refractivity contribution is 1.07. The van der Waals surface area contributed by atoms with Gasteiger partial charge in [-0.25, -0.2) is 0 Å². The minimum Gasteiger partial charge on any atom is -0.382 e. The van der Waals surface area contributed by atoms with Gasteiger partial charge < -0.3 is 5.32 Å². The molecule has 0 aliphatic carbocycles. The molecule has 0 saturated heterocycles. The summed E-state index contributed by atoms with van der Waals surface area (Å²) in [6, 6.07) is 1.68. The normalized spacial score (nSPS) is 10.6. The third-order valence-electron chi connectivity index (χ3n) is 2.09. The van der Waals surface area contributed by atoms with Crippen LogP contribution in [0.1, 0.15) is 6.42 Å². The van der Waals surface area contributed by atoms with Gasteiger partial charge in [0.1, 0.15) is 11.0 Å². The van der Waals surface area contributed by atoms with E-state index in [4.69, 9.17) is 23.2 Å². The highest BCUT2D eigenvalue weighted by molar-refractivity contribution is 7.00.